The Kier molecular flexibility index (Phi) is 4.83. The predicted molar refractivity (Wildman–Crippen MR) is 94.3 cm³/mol. The van der Waals surface area contributed by atoms with E-state index in [1.165, 1.54) is 0 Å². The molecule has 2 aromatic carbocycles. The summed E-state index contributed by atoms with van der Waals surface area (Å²) in [5.74, 6) is 2.50. The lowest BCUT2D eigenvalue weighted by Crippen LogP contribution is -2.21. The van der Waals surface area contributed by atoms with E-state index in [2.05, 4.69) is 0 Å². The highest BCUT2D eigenvalue weighted by atomic mass is 16.5. The predicted octanol–water partition coefficient (Wildman–Crippen LogP) is 3.37. The fourth-order valence-electron chi connectivity index (χ4n) is 3.59. The number of benzene rings is 2. The Labute approximate surface area is 147 Å². The summed E-state index contributed by atoms with van der Waals surface area (Å²) in [6.45, 7) is 0. The number of rotatable bonds is 5. The molecule has 0 radical (unpaired) electrons. The average Bonchev–Trinajstić information content (AvgIpc) is 2.65. The number of para-hydroxylation sites is 1. The molecule has 5 nitrogen and oxygen atoms in total. The van der Waals surface area contributed by atoms with Crippen LogP contribution in [0.2, 0.25) is 0 Å². The Morgan fingerprint density at radius 1 is 0.880 bits per heavy atom. The molecule has 132 valence electrons. The molecule has 1 unspecified atom stereocenters. The van der Waals surface area contributed by atoms with Crippen molar-refractivity contribution in [2.75, 3.05) is 28.4 Å². The van der Waals surface area contributed by atoms with Crippen LogP contribution in [0.15, 0.2) is 30.3 Å². The maximum atomic E-state index is 12.4. The van der Waals surface area contributed by atoms with Gasteiger partial charge >= 0.3 is 0 Å². The zero-order valence-corrected chi connectivity index (χ0v) is 14.9. The first-order valence-electron chi connectivity index (χ1n) is 8.10. The number of ketones is 1. The summed E-state index contributed by atoms with van der Waals surface area (Å²) in [6.07, 6.45) is 0.761. The second kappa shape index (κ2) is 7.05. The summed E-state index contributed by atoms with van der Waals surface area (Å²) in [7, 11) is 6.40. The number of fused-ring (bicyclic) bond motifs is 1. The maximum absolute atomic E-state index is 12.4. The van der Waals surface area contributed by atoms with Crippen LogP contribution in [0.1, 0.15) is 29.0 Å². The molecule has 5 heteroatoms. The van der Waals surface area contributed by atoms with Crippen molar-refractivity contribution in [3.05, 3.63) is 47.0 Å². The lowest BCUT2D eigenvalue weighted by Gasteiger charge is -2.29. The summed E-state index contributed by atoms with van der Waals surface area (Å²) >= 11 is 0. The molecule has 0 amide bonds. The van der Waals surface area contributed by atoms with Crippen LogP contribution < -0.4 is 18.9 Å². The number of hydrogen-bond donors (Lipinski definition) is 0. The van der Waals surface area contributed by atoms with E-state index in [4.69, 9.17) is 18.9 Å². The van der Waals surface area contributed by atoms with Gasteiger partial charge in [0.1, 0.15) is 11.5 Å². The van der Waals surface area contributed by atoms with E-state index in [9.17, 15) is 4.79 Å². The van der Waals surface area contributed by atoms with Gasteiger partial charge in [-0.25, -0.2) is 0 Å². The van der Waals surface area contributed by atoms with E-state index in [-0.39, 0.29) is 11.7 Å². The van der Waals surface area contributed by atoms with E-state index in [1.54, 1.807) is 28.4 Å². The first-order valence-corrected chi connectivity index (χ1v) is 8.10. The van der Waals surface area contributed by atoms with E-state index < -0.39 is 0 Å². The minimum atomic E-state index is -0.151. The van der Waals surface area contributed by atoms with Crippen molar-refractivity contribution in [2.45, 2.75) is 18.8 Å². The molecule has 25 heavy (non-hydrogen) atoms. The van der Waals surface area contributed by atoms with Crippen LogP contribution in [0.5, 0.6) is 23.0 Å². The molecule has 1 atom stereocenters. The molecule has 1 aliphatic rings. The minimum absolute atomic E-state index is 0.151. The summed E-state index contributed by atoms with van der Waals surface area (Å²) in [5, 5.41) is 0. The van der Waals surface area contributed by atoms with Crippen LogP contribution in [0.4, 0.5) is 0 Å². The fourth-order valence-corrected chi connectivity index (χ4v) is 3.59. The number of carbonyl (C=O) groups is 1. The van der Waals surface area contributed by atoms with E-state index in [0.717, 1.165) is 22.4 Å². The number of Topliss-reactive ketones (excluding diaryl/α,β-unsaturated/α-hetero) is 1. The standard InChI is InChI=1S/C20H22O5/c1-22-16-8-6-5-7-14(16)15-11-13(21)9-12-10-17(23-2)19(24-3)20(25-4)18(12)15/h5-8,10,15H,9,11H2,1-4H3. The lowest BCUT2D eigenvalue weighted by molar-refractivity contribution is -0.119. The lowest BCUT2D eigenvalue weighted by atomic mass is 9.77. The molecular weight excluding hydrogens is 320 g/mol. The summed E-state index contributed by atoms with van der Waals surface area (Å²) < 4.78 is 22.1. The normalized spacial score (nSPS) is 16.2. The van der Waals surface area contributed by atoms with Gasteiger partial charge in [-0.2, -0.15) is 0 Å². The van der Waals surface area contributed by atoms with Gasteiger partial charge in [-0.15, -0.1) is 0 Å². The van der Waals surface area contributed by atoms with E-state index >= 15 is 0 Å². The highest BCUT2D eigenvalue weighted by Crippen LogP contribution is 2.50. The van der Waals surface area contributed by atoms with Crippen molar-refractivity contribution in [1.82, 2.24) is 0 Å². The molecule has 0 saturated carbocycles. The van der Waals surface area contributed by atoms with Gasteiger partial charge in [0.25, 0.3) is 0 Å². The maximum Gasteiger partial charge on any atom is 0.203 e. The van der Waals surface area contributed by atoms with Crippen molar-refractivity contribution in [3.8, 4) is 23.0 Å². The second-order valence-electron chi connectivity index (χ2n) is 5.93. The second-order valence-corrected chi connectivity index (χ2v) is 5.93. The van der Waals surface area contributed by atoms with Crippen LogP contribution in [0, 0.1) is 0 Å². The monoisotopic (exact) mass is 342 g/mol. The third kappa shape index (κ3) is 2.90. The zero-order chi connectivity index (χ0) is 18.0. The topological polar surface area (TPSA) is 54.0 Å². The van der Waals surface area contributed by atoms with Gasteiger partial charge in [0.15, 0.2) is 11.5 Å². The highest BCUT2D eigenvalue weighted by Gasteiger charge is 2.34. The van der Waals surface area contributed by atoms with Crippen LogP contribution in [-0.4, -0.2) is 34.2 Å². The van der Waals surface area contributed by atoms with Gasteiger partial charge < -0.3 is 18.9 Å². The Morgan fingerprint density at radius 3 is 2.20 bits per heavy atom. The summed E-state index contributed by atoms with van der Waals surface area (Å²) in [6, 6.07) is 9.63. The molecule has 0 N–H and O–H groups in total. The Hall–Kier alpha value is -2.69. The van der Waals surface area contributed by atoms with Crippen molar-refractivity contribution in [2.24, 2.45) is 0 Å². The SMILES string of the molecule is COc1ccccc1C1CC(=O)Cc2cc(OC)c(OC)c(OC)c21. The van der Waals surface area contributed by atoms with Gasteiger partial charge in [-0.1, -0.05) is 18.2 Å². The van der Waals surface area contributed by atoms with Crippen LogP contribution in [-0.2, 0) is 11.2 Å². The van der Waals surface area contributed by atoms with Crippen molar-refractivity contribution in [3.63, 3.8) is 0 Å². The van der Waals surface area contributed by atoms with Crippen molar-refractivity contribution >= 4 is 5.78 Å². The molecule has 0 heterocycles. The molecular formula is C20H22O5. The third-order valence-corrected chi connectivity index (χ3v) is 4.64. The Balaban J connectivity index is 2.28. The van der Waals surface area contributed by atoms with Gasteiger partial charge in [0.05, 0.1) is 28.4 Å². The summed E-state index contributed by atoms with van der Waals surface area (Å²) in [5.41, 5.74) is 2.83. The molecule has 0 fully saturated rings. The number of ether oxygens (including phenoxy) is 4. The number of hydrogen-bond acceptors (Lipinski definition) is 5. The van der Waals surface area contributed by atoms with Gasteiger partial charge in [0, 0.05) is 29.9 Å². The van der Waals surface area contributed by atoms with Crippen LogP contribution >= 0.6 is 0 Å². The molecule has 0 bridgehead atoms. The molecule has 2 aromatic rings. The van der Waals surface area contributed by atoms with Crippen molar-refractivity contribution < 1.29 is 23.7 Å². The minimum Gasteiger partial charge on any atom is -0.496 e. The largest absolute Gasteiger partial charge is 0.496 e. The van der Waals surface area contributed by atoms with E-state index in [0.29, 0.717) is 30.1 Å². The molecule has 3 rings (SSSR count). The first-order chi connectivity index (χ1) is 12.1. The first kappa shape index (κ1) is 17.1. The third-order valence-electron chi connectivity index (χ3n) is 4.64. The smallest absolute Gasteiger partial charge is 0.203 e. The number of carbonyl (C=O) groups excluding carboxylic acids is 1. The van der Waals surface area contributed by atoms with Crippen LogP contribution in [0.3, 0.4) is 0 Å². The zero-order valence-electron chi connectivity index (χ0n) is 14.9. The Morgan fingerprint density at radius 2 is 1.56 bits per heavy atom. The molecule has 0 spiro atoms. The molecule has 1 aliphatic carbocycles. The summed E-state index contributed by atoms with van der Waals surface area (Å²) in [4.78, 5) is 12.4. The highest BCUT2D eigenvalue weighted by molar-refractivity contribution is 5.86. The fraction of sp³-hybridized carbons (Fsp3) is 0.350. The van der Waals surface area contributed by atoms with Gasteiger partial charge in [-0.3, -0.25) is 4.79 Å². The van der Waals surface area contributed by atoms with Crippen LogP contribution in [0.25, 0.3) is 0 Å². The van der Waals surface area contributed by atoms with Gasteiger partial charge in [0.2, 0.25) is 5.75 Å². The molecule has 0 saturated heterocycles. The molecule has 0 aliphatic heterocycles. The van der Waals surface area contributed by atoms with Crippen molar-refractivity contribution in [1.29, 1.82) is 0 Å². The molecule has 0 aromatic heterocycles. The van der Waals surface area contributed by atoms with E-state index in [1.807, 2.05) is 30.3 Å². The van der Waals surface area contributed by atoms with Gasteiger partial charge in [-0.05, 0) is 17.7 Å². The number of methoxy groups -OCH3 is 4. The average molecular weight is 342 g/mol. The Bertz CT molecular complexity index is 797. The quantitative estimate of drug-likeness (QED) is 0.834.